The van der Waals surface area contributed by atoms with Crippen molar-refractivity contribution in [1.29, 1.82) is 0 Å². The third-order valence-corrected chi connectivity index (χ3v) is 7.17. The highest BCUT2D eigenvalue weighted by molar-refractivity contribution is 7.10. The van der Waals surface area contributed by atoms with Gasteiger partial charge >= 0.3 is 0 Å². The lowest BCUT2D eigenvalue weighted by molar-refractivity contribution is -0.123. The third kappa shape index (κ3) is 2.71. The minimum Gasteiger partial charge on any atom is -0.311 e. The van der Waals surface area contributed by atoms with E-state index in [-0.39, 0.29) is 5.41 Å². The van der Waals surface area contributed by atoms with Crippen molar-refractivity contribution in [3.8, 4) is 11.1 Å². The van der Waals surface area contributed by atoms with Gasteiger partial charge in [0.05, 0.1) is 5.41 Å². The Hall–Kier alpha value is -2.46. The average molecular weight is 375 g/mol. The predicted molar refractivity (Wildman–Crippen MR) is 110 cm³/mol. The molecule has 4 heteroatoms. The molecule has 3 heterocycles. The molecule has 3 aromatic rings. The first-order valence-corrected chi connectivity index (χ1v) is 10.6. The topological polar surface area (TPSA) is 33.2 Å². The average Bonchev–Trinajstić information content (AvgIpc) is 3.48. The van der Waals surface area contributed by atoms with Crippen molar-refractivity contribution < 1.29 is 4.79 Å². The van der Waals surface area contributed by atoms with Crippen molar-refractivity contribution in [1.82, 2.24) is 4.98 Å². The molecule has 3 nitrogen and oxygen atoms in total. The van der Waals surface area contributed by atoms with Crippen LogP contribution in [0.1, 0.15) is 36.1 Å². The summed E-state index contributed by atoms with van der Waals surface area (Å²) < 4.78 is 0. The number of pyridine rings is 1. The SMILES string of the molecule is O=C(N1CCc2cc(-c3ccncc3)ccc21)C1(c2cccs2)CCCC1. The summed E-state index contributed by atoms with van der Waals surface area (Å²) in [5.41, 5.74) is 4.43. The van der Waals surface area contributed by atoms with E-state index in [0.717, 1.165) is 44.3 Å². The molecule has 0 spiro atoms. The van der Waals surface area contributed by atoms with E-state index >= 15 is 0 Å². The summed E-state index contributed by atoms with van der Waals surface area (Å²) in [6.45, 7) is 0.793. The first-order valence-electron chi connectivity index (χ1n) is 9.67. The van der Waals surface area contributed by atoms with E-state index < -0.39 is 0 Å². The van der Waals surface area contributed by atoms with Gasteiger partial charge in [-0.25, -0.2) is 0 Å². The van der Waals surface area contributed by atoms with E-state index in [2.05, 4.69) is 45.6 Å². The molecule has 0 atom stereocenters. The highest BCUT2D eigenvalue weighted by Gasteiger charge is 2.47. The lowest BCUT2D eigenvalue weighted by Gasteiger charge is -2.32. The molecule has 0 radical (unpaired) electrons. The molecule has 5 rings (SSSR count). The summed E-state index contributed by atoms with van der Waals surface area (Å²) in [6, 6.07) is 14.8. The van der Waals surface area contributed by atoms with E-state index in [0.29, 0.717) is 5.91 Å². The van der Waals surface area contributed by atoms with Crippen LogP contribution in [-0.2, 0) is 16.6 Å². The van der Waals surface area contributed by atoms with Crippen molar-refractivity contribution in [2.24, 2.45) is 0 Å². The second kappa shape index (κ2) is 6.61. The maximum absolute atomic E-state index is 13.7. The minimum absolute atomic E-state index is 0.304. The fourth-order valence-corrected chi connectivity index (χ4v) is 5.67. The zero-order valence-corrected chi connectivity index (χ0v) is 16.0. The number of nitrogens with zero attached hydrogens (tertiary/aromatic N) is 2. The Morgan fingerprint density at radius 3 is 2.59 bits per heavy atom. The van der Waals surface area contributed by atoms with Crippen LogP contribution in [0.2, 0.25) is 0 Å². The van der Waals surface area contributed by atoms with E-state index in [9.17, 15) is 4.79 Å². The van der Waals surface area contributed by atoms with Crippen molar-refractivity contribution in [3.05, 3.63) is 70.7 Å². The van der Waals surface area contributed by atoms with Crippen LogP contribution in [0.15, 0.2) is 60.2 Å². The zero-order chi connectivity index (χ0) is 18.3. The summed E-state index contributed by atoms with van der Waals surface area (Å²) in [7, 11) is 0. The monoisotopic (exact) mass is 374 g/mol. The molecule has 136 valence electrons. The van der Waals surface area contributed by atoms with Gasteiger partial charge in [-0.1, -0.05) is 25.0 Å². The normalized spacial score (nSPS) is 17.9. The van der Waals surface area contributed by atoms with Crippen LogP contribution in [0.25, 0.3) is 11.1 Å². The zero-order valence-electron chi connectivity index (χ0n) is 15.2. The fraction of sp³-hybridized carbons (Fsp3) is 0.304. The number of aromatic nitrogens is 1. The van der Waals surface area contributed by atoms with Gasteiger partial charge in [-0.15, -0.1) is 11.3 Å². The summed E-state index contributed by atoms with van der Waals surface area (Å²) in [4.78, 5) is 21.1. The molecular formula is C23H22N2OS. The van der Waals surface area contributed by atoms with Gasteiger partial charge in [0.2, 0.25) is 5.91 Å². The van der Waals surface area contributed by atoms with E-state index in [1.165, 1.54) is 21.6 Å². The van der Waals surface area contributed by atoms with Crippen LogP contribution < -0.4 is 4.90 Å². The number of fused-ring (bicyclic) bond motifs is 1. The molecule has 1 saturated carbocycles. The summed E-state index contributed by atoms with van der Waals surface area (Å²) in [6.07, 6.45) is 8.82. The molecule has 1 fully saturated rings. The molecule has 1 aromatic carbocycles. The van der Waals surface area contributed by atoms with Crippen LogP contribution in [0.5, 0.6) is 0 Å². The van der Waals surface area contributed by atoms with Crippen LogP contribution >= 0.6 is 11.3 Å². The van der Waals surface area contributed by atoms with Crippen molar-refractivity contribution >= 4 is 22.9 Å². The van der Waals surface area contributed by atoms with Gasteiger partial charge in [-0.05, 0) is 71.7 Å². The first kappa shape index (κ1) is 16.7. The molecule has 0 bridgehead atoms. The Morgan fingerprint density at radius 1 is 1.04 bits per heavy atom. The van der Waals surface area contributed by atoms with Crippen LogP contribution in [0.4, 0.5) is 5.69 Å². The van der Waals surface area contributed by atoms with Crippen LogP contribution in [0.3, 0.4) is 0 Å². The Balaban J connectivity index is 1.49. The van der Waals surface area contributed by atoms with Crippen molar-refractivity contribution in [3.63, 3.8) is 0 Å². The smallest absolute Gasteiger partial charge is 0.238 e. The summed E-state index contributed by atoms with van der Waals surface area (Å²) in [5, 5.41) is 2.10. The number of thiophene rings is 1. The number of benzene rings is 1. The largest absolute Gasteiger partial charge is 0.311 e. The minimum atomic E-state index is -0.306. The summed E-state index contributed by atoms with van der Waals surface area (Å²) >= 11 is 1.73. The molecule has 1 aliphatic heterocycles. The van der Waals surface area contributed by atoms with E-state index in [1.807, 2.05) is 24.5 Å². The molecule has 27 heavy (non-hydrogen) atoms. The molecule has 1 amide bonds. The lowest BCUT2D eigenvalue weighted by atomic mass is 9.82. The molecule has 0 saturated heterocycles. The predicted octanol–water partition coefficient (Wildman–Crippen LogP) is 5.21. The van der Waals surface area contributed by atoms with Gasteiger partial charge in [-0.2, -0.15) is 0 Å². The Bertz CT molecular complexity index is 959. The molecule has 0 N–H and O–H groups in total. The van der Waals surface area contributed by atoms with Crippen LogP contribution in [-0.4, -0.2) is 17.4 Å². The van der Waals surface area contributed by atoms with Gasteiger partial charge in [0.15, 0.2) is 0 Å². The second-order valence-corrected chi connectivity index (χ2v) is 8.50. The van der Waals surface area contributed by atoms with Crippen molar-refractivity contribution in [2.75, 3.05) is 11.4 Å². The Labute approximate surface area is 163 Å². The van der Waals surface area contributed by atoms with Gasteiger partial charge in [-0.3, -0.25) is 9.78 Å². The Kier molecular flexibility index (Phi) is 4.09. The highest BCUT2D eigenvalue weighted by Crippen LogP contribution is 2.46. The lowest BCUT2D eigenvalue weighted by Crippen LogP contribution is -2.44. The maximum atomic E-state index is 13.7. The highest BCUT2D eigenvalue weighted by atomic mass is 32.1. The number of carbonyl (C=O) groups excluding carboxylic acids is 1. The molecule has 2 aromatic heterocycles. The first-order chi connectivity index (χ1) is 13.3. The third-order valence-electron chi connectivity index (χ3n) is 6.09. The Morgan fingerprint density at radius 2 is 1.85 bits per heavy atom. The maximum Gasteiger partial charge on any atom is 0.238 e. The fourth-order valence-electron chi connectivity index (χ4n) is 4.69. The molecule has 0 unspecified atom stereocenters. The molecule has 1 aliphatic carbocycles. The van der Waals surface area contributed by atoms with E-state index in [4.69, 9.17) is 0 Å². The number of carbonyl (C=O) groups is 1. The number of anilines is 1. The number of amides is 1. The second-order valence-electron chi connectivity index (χ2n) is 7.55. The number of rotatable bonds is 3. The number of hydrogen-bond donors (Lipinski definition) is 0. The molecular weight excluding hydrogens is 352 g/mol. The molecule has 2 aliphatic rings. The quantitative estimate of drug-likeness (QED) is 0.630. The van der Waals surface area contributed by atoms with Gasteiger partial charge in [0, 0.05) is 29.5 Å². The van der Waals surface area contributed by atoms with Crippen LogP contribution in [0, 0.1) is 0 Å². The van der Waals surface area contributed by atoms with Gasteiger partial charge < -0.3 is 4.90 Å². The summed E-state index contributed by atoms with van der Waals surface area (Å²) in [5.74, 6) is 0.304. The van der Waals surface area contributed by atoms with E-state index in [1.54, 1.807) is 11.3 Å². The van der Waals surface area contributed by atoms with Gasteiger partial charge in [0.1, 0.15) is 0 Å². The van der Waals surface area contributed by atoms with Gasteiger partial charge in [0.25, 0.3) is 0 Å². The van der Waals surface area contributed by atoms with Crippen molar-refractivity contribution in [2.45, 2.75) is 37.5 Å². The number of hydrogen-bond acceptors (Lipinski definition) is 3. The standard InChI is InChI=1S/C23H22N2OS/c26-22(23(10-1-2-11-23)21-4-3-15-27-21)25-14-9-19-16-18(5-6-20(19)25)17-7-12-24-13-8-17/h3-8,12-13,15-16H,1-2,9-11,14H2.